The molecule has 1 fully saturated rings. The third kappa shape index (κ3) is 4.46. The Bertz CT molecular complexity index is 554. The number of likely N-dealkylation sites (tertiary alicyclic amines) is 1. The van der Waals surface area contributed by atoms with Crippen LogP contribution in [0, 0.1) is 0 Å². The summed E-state index contributed by atoms with van der Waals surface area (Å²) in [5, 5.41) is 0. The van der Waals surface area contributed by atoms with Crippen molar-refractivity contribution in [3.05, 3.63) is 18.2 Å². The number of rotatable bonds is 3. The highest BCUT2D eigenvalue weighted by Crippen LogP contribution is 2.25. The first kappa shape index (κ1) is 17.3. The standard InChI is InChI=1S/C16H25N3O4/c1-5-22-14(20)13-10-17-11-19(13)12-6-8-18(9-7-12)15(21)23-16(2,3)4/h10-12H,5-9H2,1-4H3. The predicted molar refractivity (Wildman–Crippen MR) is 84.3 cm³/mol. The van der Waals surface area contributed by atoms with Crippen molar-refractivity contribution in [2.24, 2.45) is 0 Å². The summed E-state index contributed by atoms with van der Waals surface area (Å²) < 4.78 is 12.3. The molecule has 128 valence electrons. The van der Waals surface area contributed by atoms with E-state index in [-0.39, 0.29) is 18.1 Å². The molecule has 0 spiro atoms. The molecule has 1 aliphatic rings. The van der Waals surface area contributed by atoms with Crippen LogP contribution in [0.4, 0.5) is 4.79 Å². The monoisotopic (exact) mass is 323 g/mol. The van der Waals surface area contributed by atoms with Gasteiger partial charge in [0.25, 0.3) is 0 Å². The summed E-state index contributed by atoms with van der Waals surface area (Å²) in [4.78, 5) is 29.8. The van der Waals surface area contributed by atoms with Crippen molar-refractivity contribution in [3.63, 3.8) is 0 Å². The van der Waals surface area contributed by atoms with Gasteiger partial charge in [-0.25, -0.2) is 14.6 Å². The Morgan fingerprint density at radius 3 is 2.52 bits per heavy atom. The summed E-state index contributed by atoms with van der Waals surface area (Å²) in [5.41, 5.74) is -0.0300. The van der Waals surface area contributed by atoms with Crippen LogP contribution >= 0.6 is 0 Å². The van der Waals surface area contributed by atoms with E-state index in [4.69, 9.17) is 9.47 Å². The lowest BCUT2D eigenvalue weighted by molar-refractivity contribution is 0.0184. The van der Waals surface area contributed by atoms with E-state index in [0.717, 1.165) is 12.8 Å². The molecule has 23 heavy (non-hydrogen) atoms. The SMILES string of the molecule is CCOC(=O)c1cncn1C1CCN(C(=O)OC(C)(C)C)CC1. The van der Waals surface area contributed by atoms with Crippen LogP contribution in [-0.2, 0) is 9.47 Å². The highest BCUT2D eigenvalue weighted by Gasteiger charge is 2.29. The van der Waals surface area contributed by atoms with E-state index < -0.39 is 5.60 Å². The molecule has 2 rings (SSSR count). The maximum Gasteiger partial charge on any atom is 0.410 e. The van der Waals surface area contributed by atoms with E-state index >= 15 is 0 Å². The molecule has 0 atom stereocenters. The first-order valence-electron chi connectivity index (χ1n) is 7.98. The third-order valence-corrected chi connectivity index (χ3v) is 3.66. The van der Waals surface area contributed by atoms with Crippen LogP contribution in [0.15, 0.2) is 12.5 Å². The van der Waals surface area contributed by atoms with Crippen molar-refractivity contribution in [1.29, 1.82) is 0 Å². The summed E-state index contributed by atoms with van der Waals surface area (Å²) in [7, 11) is 0. The largest absolute Gasteiger partial charge is 0.461 e. The van der Waals surface area contributed by atoms with Gasteiger partial charge in [0.15, 0.2) is 0 Å². The van der Waals surface area contributed by atoms with Gasteiger partial charge in [-0.05, 0) is 40.5 Å². The van der Waals surface area contributed by atoms with Crippen molar-refractivity contribution < 1.29 is 19.1 Å². The first-order chi connectivity index (χ1) is 10.8. The Hall–Kier alpha value is -2.05. The Balaban J connectivity index is 1.96. The van der Waals surface area contributed by atoms with Gasteiger partial charge in [-0.2, -0.15) is 0 Å². The minimum absolute atomic E-state index is 0.135. The van der Waals surface area contributed by atoms with Gasteiger partial charge in [-0.1, -0.05) is 0 Å². The lowest BCUT2D eigenvalue weighted by Crippen LogP contribution is -2.42. The van der Waals surface area contributed by atoms with E-state index in [1.54, 1.807) is 18.2 Å². The average Bonchev–Trinajstić information content (AvgIpc) is 2.95. The quantitative estimate of drug-likeness (QED) is 0.800. The number of aromatic nitrogens is 2. The molecular weight excluding hydrogens is 298 g/mol. The van der Waals surface area contributed by atoms with Gasteiger partial charge in [0, 0.05) is 19.1 Å². The molecule has 0 aromatic carbocycles. The number of amides is 1. The van der Waals surface area contributed by atoms with Crippen molar-refractivity contribution in [1.82, 2.24) is 14.5 Å². The summed E-state index contributed by atoms with van der Waals surface area (Å²) in [6.45, 7) is 8.87. The predicted octanol–water partition coefficient (Wildman–Crippen LogP) is 2.63. The highest BCUT2D eigenvalue weighted by molar-refractivity contribution is 5.87. The third-order valence-electron chi connectivity index (χ3n) is 3.66. The smallest absolute Gasteiger partial charge is 0.410 e. The van der Waals surface area contributed by atoms with Crippen LogP contribution in [0.5, 0.6) is 0 Å². The molecule has 1 aromatic heterocycles. The number of nitrogens with zero attached hydrogens (tertiary/aromatic N) is 3. The van der Waals surface area contributed by atoms with Crippen molar-refractivity contribution in [3.8, 4) is 0 Å². The van der Waals surface area contributed by atoms with E-state index in [0.29, 0.717) is 25.4 Å². The second-order valence-electron chi connectivity index (χ2n) is 6.61. The molecule has 0 bridgehead atoms. The van der Waals surface area contributed by atoms with Gasteiger partial charge in [0.2, 0.25) is 0 Å². The molecule has 2 heterocycles. The Morgan fingerprint density at radius 1 is 1.30 bits per heavy atom. The van der Waals surface area contributed by atoms with Gasteiger partial charge < -0.3 is 18.9 Å². The number of ether oxygens (including phenoxy) is 2. The van der Waals surface area contributed by atoms with Gasteiger partial charge in [-0.3, -0.25) is 0 Å². The average molecular weight is 323 g/mol. The summed E-state index contributed by atoms with van der Waals surface area (Å²) >= 11 is 0. The van der Waals surface area contributed by atoms with E-state index in [1.807, 2.05) is 25.3 Å². The van der Waals surface area contributed by atoms with Crippen LogP contribution < -0.4 is 0 Å². The Labute approximate surface area is 136 Å². The fraction of sp³-hybridized carbons (Fsp3) is 0.688. The van der Waals surface area contributed by atoms with Crippen LogP contribution in [0.2, 0.25) is 0 Å². The highest BCUT2D eigenvalue weighted by atomic mass is 16.6. The zero-order valence-corrected chi connectivity index (χ0v) is 14.2. The van der Waals surface area contributed by atoms with Crippen molar-refractivity contribution in [2.45, 2.75) is 52.2 Å². The summed E-state index contributed by atoms with van der Waals surface area (Å²) in [6.07, 6.45) is 4.40. The molecule has 0 unspecified atom stereocenters. The minimum Gasteiger partial charge on any atom is -0.461 e. The van der Waals surface area contributed by atoms with E-state index in [9.17, 15) is 9.59 Å². The second kappa shape index (κ2) is 7.02. The molecular formula is C16H25N3O4. The fourth-order valence-corrected chi connectivity index (χ4v) is 2.61. The van der Waals surface area contributed by atoms with E-state index in [1.165, 1.54) is 6.20 Å². The Morgan fingerprint density at radius 2 is 1.96 bits per heavy atom. The lowest BCUT2D eigenvalue weighted by atomic mass is 10.0. The first-order valence-corrected chi connectivity index (χ1v) is 7.98. The number of esters is 1. The number of carbonyl (C=O) groups is 2. The molecule has 7 nitrogen and oxygen atoms in total. The van der Waals surface area contributed by atoms with Crippen LogP contribution in [0.1, 0.15) is 57.1 Å². The molecule has 1 aliphatic heterocycles. The molecule has 0 N–H and O–H groups in total. The lowest BCUT2D eigenvalue weighted by Gasteiger charge is -2.34. The molecule has 0 radical (unpaired) electrons. The summed E-state index contributed by atoms with van der Waals surface area (Å²) in [6, 6.07) is 0.135. The van der Waals surface area contributed by atoms with Gasteiger partial charge >= 0.3 is 12.1 Å². The Kier molecular flexibility index (Phi) is 5.28. The normalized spacial score (nSPS) is 16.3. The molecule has 7 heteroatoms. The molecule has 0 aliphatic carbocycles. The zero-order valence-electron chi connectivity index (χ0n) is 14.2. The number of imidazole rings is 1. The van der Waals surface area contributed by atoms with Crippen molar-refractivity contribution in [2.75, 3.05) is 19.7 Å². The van der Waals surface area contributed by atoms with Gasteiger partial charge in [0.1, 0.15) is 11.3 Å². The molecule has 1 aromatic rings. The van der Waals surface area contributed by atoms with E-state index in [2.05, 4.69) is 4.98 Å². The maximum atomic E-state index is 12.1. The van der Waals surface area contributed by atoms with Crippen molar-refractivity contribution >= 4 is 12.1 Å². The topological polar surface area (TPSA) is 73.7 Å². The number of hydrogen-bond acceptors (Lipinski definition) is 5. The van der Waals surface area contributed by atoms with Crippen LogP contribution in [0.25, 0.3) is 0 Å². The number of hydrogen-bond donors (Lipinski definition) is 0. The molecule has 1 amide bonds. The maximum absolute atomic E-state index is 12.1. The van der Waals surface area contributed by atoms with Crippen LogP contribution in [-0.4, -0.2) is 51.8 Å². The van der Waals surface area contributed by atoms with Gasteiger partial charge in [0.05, 0.1) is 19.1 Å². The van der Waals surface area contributed by atoms with Crippen LogP contribution in [0.3, 0.4) is 0 Å². The fourth-order valence-electron chi connectivity index (χ4n) is 2.61. The number of carbonyl (C=O) groups excluding carboxylic acids is 2. The zero-order chi connectivity index (χ0) is 17.0. The molecule has 0 saturated carbocycles. The number of piperidine rings is 1. The second-order valence-corrected chi connectivity index (χ2v) is 6.61. The summed E-state index contributed by atoms with van der Waals surface area (Å²) in [5.74, 6) is -0.362. The van der Waals surface area contributed by atoms with Gasteiger partial charge in [-0.15, -0.1) is 0 Å². The minimum atomic E-state index is -0.491. The molecule has 1 saturated heterocycles.